The number of carbonyl (C=O) groups is 1. The largest absolute Gasteiger partial charge is 0.367 e. The van der Waals surface area contributed by atoms with Gasteiger partial charge in [-0.05, 0) is 75.3 Å². The molecule has 1 aliphatic heterocycles. The Morgan fingerprint density at radius 3 is 2.52 bits per heavy atom. The number of aryl methyl sites for hydroxylation is 2. The minimum atomic E-state index is 0.187. The number of para-hydroxylation sites is 1. The van der Waals surface area contributed by atoms with E-state index in [1.807, 2.05) is 6.20 Å². The number of nitrogens with one attached hydrogen (secondary N) is 1. The zero-order valence-corrected chi connectivity index (χ0v) is 20.4. The third kappa shape index (κ3) is 6.57. The number of carbonyl (C=O) groups excluding carboxylic acids is 1. The highest BCUT2D eigenvalue weighted by Crippen LogP contribution is 2.30. The van der Waals surface area contributed by atoms with Crippen molar-refractivity contribution in [1.82, 2.24) is 9.88 Å². The molecule has 1 amide bonds. The predicted molar refractivity (Wildman–Crippen MR) is 137 cm³/mol. The van der Waals surface area contributed by atoms with Crippen LogP contribution in [0.3, 0.4) is 0 Å². The first-order chi connectivity index (χ1) is 16.1. The topological polar surface area (TPSA) is 48.5 Å². The second-order valence-corrected chi connectivity index (χ2v) is 9.89. The molecule has 0 radical (unpaired) electrons. The average Bonchev–Trinajstić information content (AvgIpc) is 2.83. The summed E-state index contributed by atoms with van der Waals surface area (Å²) in [5, 5.41) is 3.60. The van der Waals surface area contributed by atoms with Gasteiger partial charge >= 0.3 is 0 Å². The van der Waals surface area contributed by atoms with Crippen LogP contribution >= 0.6 is 0 Å². The summed E-state index contributed by atoms with van der Waals surface area (Å²) in [6.45, 7) is 7.18. The zero-order valence-electron chi connectivity index (χ0n) is 20.4. The van der Waals surface area contributed by atoms with E-state index in [9.17, 15) is 4.79 Å². The van der Waals surface area contributed by atoms with Crippen LogP contribution < -0.4 is 10.2 Å². The van der Waals surface area contributed by atoms with Gasteiger partial charge in [0.05, 0.1) is 0 Å². The van der Waals surface area contributed by atoms with Gasteiger partial charge in [-0.2, -0.15) is 0 Å². The molecule has 5 heteroatoms. The third-order valence-corrected chi connectivity index (χ3v) is 7.30. The third-order valence-electron chi connectivity index (χ3n) is 7.30. The lowest BCUT2D eigenvalue weighted by atomic mass is 9.93. The summed E-state index contributed by atoms with van der Waals surface area (Å²) in [4.78, 5) is 21.8. The Bertz CT molecular complexity index is 883. The van der Waals surface area contributed by atoms with E-state index in [1.165, 1.54) is 30.4 Å². The minimum Gasteiger partial charge on any atom is -0.367 e. The van der Waals surface area contributed by atoms with Gasteiger partial charge in [-0.15, -0.1) is 0 Å². The number of hydrogen-bond acceptors (Lipinski definition) is 4. The Morgan fingerprint density at radius 1 is 1.06 bits per heavy atom. The van der Waals surface area contributed by atoms with E-state index in [4.69, 9.17) is 0 Å². The Hall–Kier alpha value is -2.40. The summed E-state index contributed by atoms with van der Waals surface area (Å²) in [6.07, 6.45) is 12.4. The van der Waals surface area contributed by atoms with Crippen molar-refractivity contribution in [1.29, 1.82) is 0 Å². The molecule has 1 N–H and O–H groups in total. The quantitative estimate of drug-likeness (QED) is 0.572. The lowest BCUT2D eigenvalue weighted by Gasteiger charge is -2.35. The number of amides is 1. The fourth-order valence-corrected chi connectivity index (χ4v) is 5.48. The number of anilines is 2. The fraction of sp³-hybridized carbons (Fsp3) is 0.571. The Morgan fingerprint density at radius 2 is 1.82 bits per heavy atom. The number of likely N-dealkylation sites (tertiary alicyclic amines) is 1. The van der Waals surface area contributed by atoms with Gasteiger partial charge in [-0.1, -0.05) is 43.5 Å². The summed E-state index contributed by atoms with van der Waals surface area (Å²) in [7, 11) is 0. The van der Waals surface area contributed by atoms with E-state index < -0.39 is 0 Å². The van der Waals surface area contributed by atoms with E-state index in [2.05, 4.69) is 63.4 Å². The highest BCUT2D eigenvalue weighted by atomic mass is 16.2. The maximum Gasteiger partial charge on any atom is 0.224 e. The fourth-order valence-electron chi connectivity index (χ4n) is 5.48. The average molecular weight is 449 g/mol. The molecule has 0 bridgehead atoms. The monoisotopic (exact) mass is 448 g/mol. The zero-order chi connectivity index (χ0) is 23.0. The van der Waals surface area contributed by atoms with Crippen molar-refractivity contribution in [2.75, 3.05) is 29.9 Å². The molecule has 1 aromatic carbocycles. The number of benzene rings is 1. The van der Waals surface area contributed by atoms with Crippen LogP contribution in [0.5, 0.6) is 0 Å². The second kappa shape index (κ2) is 11.6. The van der Waals surface area contributed by atoms with Crippen molar-refractivity contribution in [3.63, 3.8) is 0 Å². The lowest BCUT2D eigenvalue weighted by molar-refractivity contribution is -0.117. The van der Waals surface area contributed by atoms with Crippen molar-refractivity contribution >= 4 is 17.4 Å². The van der Waals surface area contributed by atoms with Crippen LogP contribution in [0, 0.1) is 6.92 Å². The van der Waals surface area contributed by atoms with Crippen LogP contribution in [0.2, 0.25) is 0 Å². The van der Waals surface area contributed by atoms with E-state index in [1.54, 1.807) is 6.92 Å². The standard InChI is InChI=1S/C28H40N4O/c1-22-14-15-28(29-21-22)30-25-16-19-31(20-17-25)18-8-10-24-9-6-7-13-27(24)32(23(2)33)26-11-4-3-5-12-26/h6-7,9,13-15,21,25-26H,3-5,8,10-12,16-20H2,1-2H3,(H,29,30). The number of aromatic nitrogens is 1. The smallest absolute Gasteiger partial charge is 0.224 e. The first-order valence-corrected chi connectivity index (χ1v) is 12.9. The highest BCUT2D eigenvalue weighted by Gasteiger charge is 2.26. The van der Waals surface area contributed by atoms with Gasteiger partial charge < -0.3 is 15.1 Å². The summed E-state index contributed by atoms with van der Waals surface area (Å²) in [5.41, 5.74) is 3.66. The summed E-state index contributed by atoms with van der Waals surface area (Å²) in [5.74, 6) is 1.18. The molecule has 1 aromatic heterocycles. The molecule has 33 heavy (non-hydrogen) atoms. The molecule has 2 aromatic rings. The first-order valence-electron chi connectivity index (χ1n) is 12.9. The normalized spacial score (nSPS) is 18.2. The van der Waals surface area contributed by atoms with E-state index in [0.29, 0.717) is 12.1 Å². The van der Waals surface area contributed by atoms with E-state index in [-0.39, 0.29) is 5.91 Å². The molecular weight excluding hydrogens is 408 g/mol. The number of hydrogen-bond donors (Lipinski definition) is 1. The van der Waals surface area contributed by atoms with Gasteiger partial charge in [0.25, 0.3) is 0 Å². The summed E-state index contributed by atoms with van der Waals surface area (Å²) in [6, 6.07) is 13.6. The molecule has 1 saturated heterocycles. The molecule has 178 valence electrons. The molecule has 0 atom stereocenters. The maximum atomic E-state index is 12.6. The van der Waals surface area contributed by atoms with E-state index >= 15 is 0 Å². The maximum absolute atomic E-state index is 12.6. The van der Waals surface area contributed by atoms with Crippen molar-refractivity contribution in [2.24, 2.45) is 0 Å². The van der Waals surface area contributed by atoms with Crippen molar-refractivity contribution in [2.45, 2.75) is 83.7 Å². The lowest BCUT2D eigenvalue weighted by Crippen LogP contribution is -2.41. The molecule has 1 saturated carbocycles. The Balaban J connectivity index is 1.27. The molecular formula is C28H40N4O. The van der Waals surface area contributed by atoms with Gasteiger partial charge in [-0.3, -0.25) is 4.79 Å². The van der Waals surface area contributed by atoms with Crippen molar-refractivity contribution in [3.8, 4) is 0 Å². The van der Waals surface area contributed by atoms with Crippen LogP contribution in [-0.2, 0) is 11.2 Å². The number of pyridine rings is 1. The van der Waals surface area contributed by atoms with Crippen LogP contribution in [0.25, 0.3) is 0 Å². The highest BCUT2D eigenvalue weighted by molar-refractivity contribution is 5.93. The van der Waals surface area contributed by atoms with Gasteiger partial charge in [0.1, 0.15) is 5.82 Å². The first kappa shape index (κ1) is 23.7. The van der Waals surface area contributed by atoms with Crippen LogP contribution in [0.4, 0.5) is 11.5 Å². The van der Waals surface area contributed by atoms with Gasteiger partial charge in [-0.25, -0.2) is 4.98 Å². The number of piperidine rings is 1. The van der Waals surface area contributed by atoms with Crippen molar-refractivity contribution in [3.05, 3.63) is 53.7 Å². The Kier molecular flexibility index (Phi) is 8.38. The van der Waals surface area contributed by atoms with Gasteiger partial charge in [0.15, 0.2) is 0 Å². The molecule has 5 nitrogen and oxygen atoms in total. The van der Waals surface area contributed by atoms with E-state index in [0.717, 1.165) is 69.7 Å². The van der Waals surface area contributed by atoms with Gasteiger partial charge in [0, 0.05) is 44.0 Å². The Labute approximate surface area is 199 Å². The van der Waals surface area contributed by atoms with Crippen LogP contribution in [0.1, 0.15) is 69.4 Å². The molecule has 2 fully saturated rings. The number of nitrogens with zero attached hydrogens (tertiary/aromatic N) is 3. The molecule has 0 spiro atoms. The molecule has 4 rings (SSSR count). The van der Waals surface area contributed by atoms with Gasteiger partial charge in [0.2, 0.25) is 5.91 Å². The predicted octanol–water partition coefficient (Wildman–Crippen LogP) is 5.58. The SMILES string of the molecule is CC(=O)N(c1ccccc1CCCN1CCC(Nc2ccc(C)cn2)CC1)C1CCCCC1. The molecule has 2 heterocycles. The van der Waals surface area contributed by atoms with Crippen LogP contribution in [0.15, 0.2) is 42.6 Å². The second-order valence-electron chi connectivity index (χ2n) is 9.89. The summed E-state index contributed by atoms with van der Waals surface area (Å²) >= 11 is 0. The molecule has 2 aliphatic rings. The minimum absolute atomic E-state index is 0.187. The molecule has 0 unspecified atom stereocenters. The number of rotatable bonds is 8. The van der Waals surface area contributed by atoms with Crippen molar-refractivity contribution < 1.29 is 4.79 Å². The van der Waals surface area contributed by atoms with Crippen LogP contribution in [-0.4, -0.2) is 47.5 Å². The molecule has 1 aliphatic carbocycles. The summed E-state index contributed by atoms with van der Waals surface area (Å²) < 4.78 is 0.